The molecule has 33 heavy (non-hydrogen) atoms. The summed E-state index contributed by atoms with van der Waals surface area (Å²) in [6.45, 7) is 1.22. The van der Waals surface area contributed by atoms with E-state index in [4.69, 9.17) is 4.74 Å². The molecule has 0 bridgehead atoms. The second kappa shape index (κ2) is 9.23. The summed E-state index contributed by atoms with van der Waals surface area (Å²) in [6, 6.07) is 12.7. The van der Waals surface area contributed by atoms with Crippen LogP contribution in [0.5, 0.6) is 5.75 Å². The van der Waals surface area contributed by atoms with E-state index in [0.29, 0.717) is 18.5 Å². The summed E-state index contributed by atoms with van der Waals surface area (Å²) in [5.41, 5.74) is 6.05. The Balaban J connectivity index is 1.47. The van der Waals surface area contributed by atoms with E-state index in [0.717, 1.165) is 28.7 Å². The lowest BCUT2D eigenvalue weighted by atomic mass is 9.93. The summed E-state index contributed by atoms with van der Waals surface area (Å²) in [6.07, 6.45) is 0.0413. The number of fused-ring (bicyclic) bond motifs is 1. The van der Waals surface area contributed by atoms with Gasteiger partial charge in [-0.15, -0.1) is 0 Å². The average Bonchev–Trinajstić information content (AvgIpc) is 3.18. The molecule has 0 unspecified atom stereocenters. The first-order valence-corrected chi connectivity index (χ1v) is 10.5. The smallest absolute Gasteiger partial charge is 0.422 e. The molecule has 5 nitrogen and oxygen atoms in total. The number of carboxylic acids is 1. The Morgan fingerprint density at radius 2 is 2.03 bits per heavy atom. The summed E-state index contributed by atoms with van der Waals surface area (Å²) in [5.74, 6) is -0.769. The number of aryl methyl sites for hydroxylation is 2. The molecule has 0 aliphatic carbocycles. The van der Waals surface area contributed by atoms with Crippen LogP contribution in [0.25, 0.3) is 11.1 Å². The van der Waals surface area contributed by atoms with E-state index < -0.39 is 18.8 Å². The van der Waals surface area contributed by atoms with Crippen LogP contribution >= 0.6 is 0 Å². The van der Waals surface area contributed by atoms with E-state index in [9.17, 15) is 23.1 Å². The molecule has 3 aromatic rings. The third kappa shape index (κ3) is 5.34. The Labute approximate surface area is 189 Å². The highest BCUT2D eigenvalue weighted by atomic mass is 19.4. The molecule has 0 saturated carbocycles. The number of pyridine rings is 1. The summed E-state index contributed by atoms with van der Waals surface area (Å²) in [4.78, 5) is 15.5. The monoisotopic (exact) mass is 456 g/mol. The van der Waals surface area contributed by atoms with Gasteiger partial charge in [-0.05, 0) is 77.4 Å². The van der Waals surface area contributed by atoms with Crippen LogP contribution in [0.1, 0.15) is 45.1 Å². The number of ether oxygens (including phenoxy) is 1. The van der Waals surface area contributed by atoms with Crippen LogP contribution < -0.4 is 10.1 Å². The molecule has 172 valence electrons. The molecule has 1 atom stereocenters. The van der Waals surface area contributed by atoms with Crippen LogP contribution in [0.15, 0.2) is 54.9 Å². The number of carbonyl (C=O) groups is 1. The van der Waals surface area contributed by atoms with Gasteiger partial charge in [-0.2, -0.15) is 13.2 Å². The van der Waals surface area contributed by atoms with Crippen molar-refractivity contribution in [2.75, 3.05) is 6.61 Å². The molecule has 1 aliphatic rings. The van der Waals surface area contributed by atoms with E-state index in [-0.39, 0.29) is 17.4 Å². The molecule has 0 saturated heterocycles. The minimum absolute atomic E-state index is 0.107. The summed E-state index contributed by atoms with van der Waals surface area (Å²) in [5, 5.41) is 12.8. The van der Waals surface area contributed by atoms with Crippen LogP contribution in [-0.2, 0) is 13.0 Å². The van der Waals surface area contributed by atoms with Crippen molar-refractivity contribution in [2.45, 2.75) is 38.5 Å². The number of aromatic nitrogens is 1. The van der Waals surface area contributed by atoms with Crippen molar-refractivity contribution < 1.29 is 27.8 Å². The fourth-order valence-corrected chi connectivity index (χ4v) is 4.22. The van der Waals surface area contributed by atoms with Crippen molar-refractivity contribution >= 4 is 5.97 Å². The Bertz CT molecular complexity index is 1180. The van der Waals surface area contributed by atoms with Gasteiger partial charge in [0.05, 0.1) is 5.56 Å². The Morgan fingerprint density at radius 1 is 1.21 bits per heavy atom. The van der Waals surface area contributed by atoms with Gasteiger partial charge in [-0.1, -0.05) is 18.2 Å². The number of nitrogens with zero attached hydrogens (tertiary/aromatic N) is 1. The number of nitrogens with one attached hydrogen (secondary N) is 1. The molecule has 0 fully saturated rings. The summed E-state index contributed by atoms with van der Waals surface area (Å²) >= 11 is 0. The van der Waals surface area contributed by atoms with Crippen molar-refractivity contribution in [3.05, 3.63) is 82.7 Å². The third-order valence-electron chi connectivity index (χ3n) is 5.81. The first-order valence-electron chi connectivity index (χ1n) is 10.5. The van der Waals surface area contributed by atoms with Gasteiger partial charge in [0, 0.05) is 25.0 Å². The summed E-state index contributed by atoms with van der Waals surface area (Å²) < 4.78 is 42.0. The predicted octanol–water partition coefficient (Wildman–Crippen LogP) is 5.47. The number of benzene rings is 2. The standard InChI is InChI=1S/C25H23F3N2O3/c1-15-10-19(33-14-25(26,27)28)4-6-20(15)16-2-5-21-18(11-16)13-30-23(21)7-3-17-12-29-9-8-22(17)24(31)32/h2,4-6,8-12,23,30H,3,7,13-14H2,1H3,(H,31,32)/t23-/m1/s1. The van der Waals surface area contributed by atoms with Crippen LogP contribution in [0, 0.1) is 6.92 Å². The van der Waals surface area contributed by atoms with E-state index in [1.54, 1.807) is 24.4 Å². The molecule has 2 aromatic carbocycles. The normalized spacial score (nSPS) is 15.3. The molecule has 4 rings (SSSR count). The molecule has 8 heteroatoms. The first kappa shape index (κ1) is 22.8. The van der Waals surface area contributed by atoms with Gasteiger partial charge < -0.3 is 15.2 Å². The average molecular weight is 456 g/mol. The quantitative estimate of drug-likeness (QED) is 0.493. The molecule has 0 spiro atoms. The van der Waals surface area contributed by atoms with Gasteiger partial charge in [-0.25, -0.2) is 4.79 Å². The lowest BCUT2D eigenvalue weighted by molar-refractivity contribution is -0.153. The second-order valence-electron chi connectivity index (χ2n) is 8.10. The van der Waals surface area contributed by atoms with E-state index in [2.05, 4.69) is 22.4 Å². The van der Waals surface area contributed by atoms with Gasteiger partial charge >= 0.3 is 12.1 Å². The zero-order valence-corrected chi connectivity index (χ0v) is 17.9. The van der Waals surface area contributed by atoms with Crippen LogP contribution in [0.3, 0.4) is 0 Å². The Hall–Kier alpha value is -3.39. The van der Waals surface area contributed by atoms with Gasteiger partial charge in [-0.3, -0.25) is 4.98 Å². The molecule has 2 heterocycles. The van der Waals surface area contributed by atoms with Gasteiger partial charge in [0.1, 0.15) is 5.75 Å². The number of halogens is 3. The molecule has 1 aliphatic heterocycles. The van der Waals surface area contributed by atoms with Crippen molar-refractivity contribution in [3.8, 4) is 16.9 Å². The number of carboxylic acid groups (broad SMARTS) is 1. The van der Waals surface area contributed by atoms with Gasteiger partial charge in [0.2, 0.25) is 0 Å². The van der Waals surface area contributed by atoms with Crippen molar-refractivity contribution in [1.29, 1.82) is 0 Å². The number of rotatable bonds is 7. The minimum Gasteiger partial charge on any atom is -0.484 e. The van der Waals surface area contributed by atoms with Gasteiger partial charge in [0.25, 0.3) is 0 Å². The minimum atomic E-state index is -4.37. The first-order chi connectivity index (χ1) is 15.7. The van der Waals surface area contributed by atoms with Crippen molar-refractivity contribution in [3.63, 3.8) is 0 Å². The number of aromatic carboxylic acids is 1. The molecular formula is C25H23F3N2O3. The largest absolute Gasteiger partial charge is 0.484 e. The van der Waals surface area contributed by atoms with Crippen LogP contribution in [-0.4, -0.2) is 28.8 Å². The topological polar surface area (TPSA) is 71.5 Å². The maximum Gasteiger partial charge on any atom is 0.422 e. The predicted molar refractivity (Wildman–Crippen MR) is 117 cm³/mol. The zero-order valence-electron chi connectivity index (χ0n) is 17.9. The Kier molecular flexibility index (Phi) is 6.37. The zero-order chi connectivity index (χ0) is 23.6. The second-order valence-corrected chi connectivity index (χ2v) is 8.10. The highest BCUT2D eigenvalue weighted by molar-refractivity contribution is 5.89. The Morgan fingerprint density at radius 3 is 2.76 bits per heavy atom. The van der Waals surface area contributed by atoms with Crippen LogP contribution in [0.2, 0.25) is 0 Å². The molecule has 0 radical (unpaired) electrons. The highest BCUT2D eigenvalue weighted by Gasteiger charge is 2.28. The van der Waals surface area contributed by atoms with E-state index in [1.807, 2.05) is 13.0 Å². The fourth-order valence-electron chi connectivity index (χ4n) is 4.22. The van der Waals surface area contributed by atoms with Gasteiger partial charge in [0.15, 0.2) is 6.61 Å². The van der Waals surface area contributed by atoms with Crippen molar-refractivity contribution in [1.82, 2.24) is 10.3 Å². The third-order valence-corrected chi connectivity index (χ3v) is 5.81. The molecule has 0 amide bonds. The summed E-state index contributed by atoms with van der Waals surface area (Å²) in [7, 11) is 0. The highest BCUT2D eigenvalue weighted by Crippen LogP contribution is 2.34. The number of hydrogen-bond acceptors (Lipinski definition) is 4. The fraction of sp³-hybridized carbons (Fsp3) is 0.280. The van der Waals surface area contributed by atoms with E-state index in [1.165, 1.54) is 17.8 Å². The molecule has 1 aromatic heterocycles. The lowest BCUT2D eigenvalue weighted by Crippen LogP contribution is -2.19. The SMILES string of the molecule is Cc1cc(OCC(F)(F)F)ccc1-c1ccc2c(c1)CN[C@@H]2CCc1cnccc1C(=O)O. The number of alkyl halides is 3. The molecule has 2 N–H and O–H groups in total. The van der Waals surface area contributed by atoms with Crippen LogP contribution in [0.4, 0.5) is 13.2 Å². The lowest BCUT2D eigenvalue weighted by Gasteiger charge is -2.14. The molecular weight excluding hydrogens is 433 g/mol. The van der Waals surface area contributed by atoms with Crippen molar-refractivity contribution in [2.24, 2.45) is 0 Å². The number of hydrogen-bond donors (Lipinski definition) is 2. The maximum atomic E-state index is 12.4. The van der Waals surface area contributed by atoms with E-state index >= 15 is 0 Å². The maximum absolute atomic E-state index is 12.4.